The highest BCUT2D eigenvalue weighted by Crippen LogP contribution is 2.20. The van der Waals surface area contributed by atoms with Gasteiger partial charge in [-0.05, 0) is 36.8 Å². The number of aryl methyl sites for hydroxylation is 1. The smallest absolute Gasteiger partial charge is 0.276 e. The maximum Gasteiger partial charge on any atom is 0.276 e. The Morgan fingerprint density at radius 1 is 1.36 bits per heavy atom. The van der Waals surface area contributed by atoms with Crippen molar-refractivity contribution in [1.29, 1.82) is 0 Å². The third-order valence-corrected chi connectivity index (χ3v) is 3.54. The molecule has 0 spiro atoms. The number of aromatic nitrogens is 2. The van der Waals surface area contributed by atoms with E-state index in [9.17, 15) is 9.59 Å². The van der Waals surface area contributed by atoms with Crippen molar-refractivity contribution in [1.82, 2.24) is 9.78 Å². The van der Waals surface area contributed by atoms with Gasteiger partial charge in [0.05, 0.1) is 13.2 Å². The Balaban J connectivity index is 2.20. The molecule has 1 aromatic heterocycles. The standard InChI is InChI=1S/C15H16BrN3O3/c1-10-9-11(16)3-4-12(10)17-15(21)13-5-6-14(20)19(18-13)7-8-22-2/h3-6,9H,7-8H2,1-2H3,(H,17,21). The molecule has 1 amide bonds. The van der Waals surface area contributed by atoms with Crippen LogP contribution in [0.2, 0.25) is 0 Å². The number of nitrogens with one attached hydrogen (secondary N) is 1. The number of anilines is 1. The molecule has 0 aliphatic carbocycles. The van der Waals surface area contributed by atoms with Gasteiger partial charge in [0.2, 0.25) is 0 Å². The van der Waals surface area contributed by atoms with Crippen LogP contribution in [0.1, 0.15) is 16.1 Å². The van der Waals surface area contributed by atoms with Gasteiger partial charge in [-0.3, -0.25) is 9.59 Å². The van der Waals surface area contributed by atoms with Gasteiger partial charge < -0.3 is 10.1 Å². The van der Waals surface area contributed by atoms with Crippen LogP contribution in [0, 0.1) is 6.92 Å². The predicted octanol–water partition coefficient (Wildman–Crippen LogP) is 2.21. The molecule has 0 aliphatic rings. The van der Waals surface area contributed by atoms with E-state index in [0.717, 1.165) is 10.0 Å². The first-order valence-electron chi connectivity index (χ1n) is 6.66. The van der Waals surface area contributed by atoms with Crippen molar-refractivity contribution in [3.8, 4) is 0 Å². The molecule has 0 saturated carbocycles. The summed E-state index contributed by atoms with van der Waals surface area (Å²) < 4.78 is 7.07. The van der Waals surface area contributed by atoms with E-state index in [1.165, 1.54) is 23.9 Å². The first kappa shape index (κ1) is 16.4. The molecule has 0 radical (unpaired) electrons. The number of amides is 1. The van der Waals surface area contributed by atoms with Gasteiger partial charge in [0, 0.05) is 23.3 Å². The van der Waals surface area contributed by atoms with Gasteiger partial charge in [0.15, 0.2) is 0 Å². The SMILES string of the molecule is COCCn1nc(C(=O)Nc2ccc(Br)cc2C)ccc1=O. The molecule has 2 rings (SSSR count). The summed E-state index contributed by atoms with van der Waals surface area (Å²) in [5.41, 5.74) is 1.53. The predicted molar refractivity (Wildman–Crippen MR) is 87.2 cm³/mol. The molecule has 7 heteroatoms. The van der Waals surface area contributed by atoms with Gasteiger partial charge in [-0.25, -0.2) is 4.68 Å². The summed E-state index contributed by atoms with van der Waals surface area (Å²) in [6.45, 7) is 2.55. The van der Waals surface area contributed by atoms with E-state index < -0.39 is 0 Å². The Bertz CT molecular complexity index is 743. The minimum atomic E-state index is -0.364. The van der Waals surface area contributed by atoms with Gasteiger partial charge in [0.1, 0.15) is 5.69 Å². The number of hydrogen-bond donors (Lipinski definition) is 1. The lowest BCUT2D eigenvalue weighted by atomic mass is 10.2. The number of rotatable bonds is 5. The first-order valence-corrected chi connectivity index (χ1v) is 7.45. The van der Waals surface area contributed by atoms with Crippen molar-refractivity contribution in [2.45, 2.75) is 13.5 Å². The average molecular weight is 366 g/mol. The Hall–Kier alpha value is -1.99. The lowest BCUT2D eigenvalue weighted by molar-refractivity contribution is 0.101. The molecule has 2 aromatic rings. The van der Waals surface area contributed by atoms with Crippen molar-refractivity contribution in [3.05, 3.63) is 56.4 Å². The maximum absolute atomic E-state index is 12.3. The number of carbonyl (C=O) groups excluding carboxylic acids is 1. The van der Waals surface area contributed by atoms with Crippen LogP contribution in [0.15, 0.2) is 39.6 Å². The van der Waals surface area contributed by atoms with Crippen LogP contribution < -0.4 is 10.9 Å². The summed E-state index contributed by atoms with van der Waals surface area (Å²) in [5.74, 6) is -0.364. The van der Waals surface area contributed by atoms with Gasteiger partial charge in [-0.15, -0.1) is 0 Å². The molecule has 1 N–H and O–H groups in total. The molecular weight excluding hydrogens is 350 g/mol. The monoisotopic (exact) mass is 365 g/mol. The van der Waals surface area contributed by atoms with Crippen molar-refractivity contribution < 1.29 is 9.53 Å². The van der Waals surface area contributed by atoms with Crippen LogP contribution in [0.25, 0.3) is 0 Å². The van der Waals surface area contributed by atoms with Gasteiger partial charge in [-0.2, -0.15) is 5.10 Å². The Kier molecular flexibility index (Phi) is 5.46. The Morgan fingerprint density at radius 2 is 2.14 bits per heavy atom. The maximum atomic E-state index is 12.3. The summed E-state index contributed by atoms with van der Waals surface area (Å²) in [6, 6.07) is 8.29. The lowest BCUT2D eigenvalue weighted by Crippen LogP contribution is -2.27. The molecule has 22 heavy (non-hydrogen) atoms. The zero-order valence-corrected chi connectivity index (χ0v) is 13.9. The molecule has 1 heterocycles. The van der Waals surface area contributed by atoms with Gasteiger partial charge in [-0.1, -0.05) is 15.9 Å². The summed E-state index contributed by atoms with van der Waals surface area (Å²) >= 11 is 3.37. The van der Waals surface area contributed by atoms with E-state index in [4.69, 9.17) is 4.74 Å². The second kappa shape index (κ2) is 7.33. The highest BCUT2D eigenvalue weighted by Gasteiger charge is 2.11. The van der Waals surface area contributed by atoms with E-state index >= 15 is 0 Å². The Morgan fingerprint density at radius 3 is 2.82 bits per heavy atom. The fraction of sp³-hybridized carbons (Fsp3) is 0.267. The number of nitrogens with zero attached hydrogens (tertiary/aromatic N) is 2. The number of methoxy groups -OCH3 is 1. The third-order valence-electron chi connectivity index (χ3n) is 3.04. The van der Waals surface area contributed by atoms with Crippen LogP contribution in [0.4, 0.5) is 5.69 Å². The molecule has 116 valence electrons. The van der Waals surface area contributed by atoms with Crippen molar-refractivity contribution in [2.24, 2.45) is 0 Å². The van der Waals surface area contributed by atoms with Crippen molar-refractivity contribution in [2.75, 3.05) is 19.0 Å². The molecule has 0 aliphatic heterocycles. The number of hydrogen-bond acceptors (Lipinski definition) is 4. The third kappa shape index (κ3) is 4.02. The fourth-order valence-electron chi connectivity index (χ4n) is 1.86. The van der Waals surface area contributed by atoms with E-state index in [-0.39, 0.29) is 17.2 Å². The summed E-state index contributed by atoms with van der Waals surface area (Å²) in [7, 11) is 1.54. The molecule has 6 nitrogen and oxygen atoms in total. The lowest BCUT2D eigenvalue weighted by Gasteiger charge is -2.09. The number of halogens is 1. The quantitative estimate of drug-likeness (QED) is 0.881. The molecular formula is C15H16BrN3O3. The second-order valence-electron chi connectivity index (χ2n) is 4.69. The highest BCUT2D eigenvalue weighted by atomic mass is 79.9. The van der Waals surface area contributed by atoms with Crippen molar-refractivity contribution >= 4 is 27.5 Å². The molecule has 0 saturated heterocycles. The topological polar surface area (TPSA) is 73.2 Å². The van der Waals surface area contributed by atoms with Crippen LogP contribution in [0.5, 0.6) is 0 Å². The Labute approximate surface area is 136 Å². The number of ether oxygens (including phenoxy) is 1. The first-order chi connectivity index (χ1) is 10.5. The van der Waals surface area contributed by atoms with E-state index in [0.29, 0.717) is 18.8 Å². The zero-order valence-electron chi connectivity index (χ0n) is 12.3. The highest BCUT2D eigenvalue weighted by molar-refractivity contribution is 9.10. The normalized spacial score (nSPS) is 10.5. The minimum absolute atomic E-state index is 0.179. The van der Waals surface area contributed by atoms with Crippen LogP contribution in [-0.2, 0) is 11.3 Å². The van der Waals surface area contributed by atoms with E-state index in [1.807, 2.05) is 19.1 Å². The molecule has 0 fully saturated rings. The van der Waals surface area contributed by atoms with Crippen molar-refractivity contribution in [3.63, 3.8) is 0 Å². The average Bonchev–Trinajstić information content (AvgIpc) is 2.49. The summed E-state index contributed by atoms with van der Waals surface area (Å²) in [6.07, 6.45) is 0. The van der Waals surface area contributed by atoms with Crippen LogP contribution in [0.3, 0.4) is 0 Å². The molecule has 0 atom stereocenters. The van der Waals surface area contributed by atoms with Gasteiger partial charge >= 0.3 is 0 Å². The summed E-state index contributed by atoms with van der Waals surface area (Å²) in [4.78, 5) is 23.9. The largest absolute Gasteiger partial charge is 0.383 e. The fourth-order valence-corrected chi connectivity index (χ4v) is 2.34. The molecule has 0 bridgehead atoms. The number of carbonyl (C=O) groups is 1. The number of benzene rings is 1. The molecule has 0 unspecified atom stereocenters. The second-order valence-corrected chi connectivity index (χ2v) is 5.60. The zero-order chi connectivity index (χ0) is 16.1. The van der Waals surface area contributed by atoms with E-state index in [1.54, 1.807) is 6.07 Å². The van der Waals surface area contributed by atoms with Gasteiger partial charge in [0.25, 0.3) is 11.5 Å². The minimum Gasteiger partial charge on any atom is -0.383 e. The molecule has 1 aromatic carbocycles. The van der Waals surface area contributed by atoms with E-state index in [2.05, 4.69) is 26.3 Å². The summed E-state index contributed by atoms with van der Waals surface area (Å²) in [5, 5.41) is 6.84. The van der Waals surface area contributed by atoms with Crippen LogP contribution in [-0.4, -0.2) is 29.4 Å². The van der Waals surface area contributed by atoms with Crippen LogP contribution >= 0.6 is 15.9 Å².